The van der Waals surface area contributed by atoms with Gasteiger partial charge >= 0.3 is 6.09 Å². The molecule has 116 valence electrons. The molecule has 0 unspecified atom stereocenters. The molecule has 0 aliphatic carbocycles. The number of carbonyl (C=O) groups excluding carboxylic acids is 1. The highest BCUT2D eigenvalue weighted by atomic mass is 16.6. The molecule has 1 aliphatic heterocycles. The third kappa shape index (κ3) is 3.88. The number of hydrogen-bond donors (Lipinski definition) is 0. The van der Waals surface area contributed by atoms with Crippen LogP contribution in [-0.2, 0) is 10.2 Å². The van der Waals surface area contributed by atoms with E-state index < -0.39 is 0 Å². The van der Waals surface area contributed by atoms with Gasteiger partial charge in [0, 0.05) is 13.1 Å². The standard InChI is InChI=1S/C16H23NO4/c1-16(2,3)12-5-6-13(19-4)14(11-12)21-15(18)17-7-9-20-10-8-17/h5-6,11H,7-10H2,1-4H3. The Morgan fingerprint density at radius 3 is 2.43 bits per heavy atom. The minimum Gasteiger partial charge on any atom is -0.493 e. The van der Waals surface area contributed by atoms with Gasteiger partial charge in [-0.05, 0) is 23.1 Å². The molecule has 0 saturated carbocycles. The van der Waals surface area contributed by atoms with Crippen molar-refractivity contribution in [1.29, 1.82) is 0 Å². The summed E-state index contributed by atoms with van der Waals surface area (Å²) in [5.74, 6) is 1.02. The van der Waals surface area contributed by atoms with Crippen molar-refractivity contribution < 1.29 is 19.0 Å². The minimum absolute atomic E-state index is 0.0214. The normalized spacial score (nSPS) is 15.7. The van der Waals surface area contributed by atoms with Crippen LogP contribution in [0.4, 0.5) is 4.79 Å². The monoisotopic (exact) mass is 293 g/mol. The zero-order chi connectivity index (χ0) is 15.5. The maximum atomic E-state index is 12.2. The number of nitrogens with zero attached hydrogens (tertiary/aromatic N) is 1. The second-order valence-corrected chi connectivity index (χ2v) is 6.08. The van der Waals surface area contributed by atoms with Crippen molar-refractivity contribution in [1.82, 2.24) is 4.90 Å². The van der Waals surface area contributed by atoms with Crippen molar-refractivity contribution in [2.75, 3.05) is 33.4 Å². The molecule has 1 fully saturated rings. The number of methoxy groups -OCH3 is 1. The highest BCUT2D eigenvalue weighted by molar-refractivity contribution is 5.72. The van der Waals surface area contributed by atoms with Gasteiger partial charge in [-0.25, -0.2) is 4.79 Å². The van der Waals surface area contributed by atoms with Crippen molar-refractivity contribution in [3.8, 4) is 11.5 Å². The van der Waals surface area contributed by atoms with E-state index in [-0.39, 0.29) is 11.5 Å². The minimum atomic E-state index is -0.359. The Bertz CT molecular complexity index is 501. The second kappa shape index (κ2) is 6.35. The van der Waals surface area contributed by atoms with Crippen molar-refractivity contribution in [3.63, 3.8) is 0 Å². The first-order valence-corrected chi connectivity index (χ1v) is 7.15. The summed E-state index contributed by atoms with van der Waals surface area (Å²) in [4.78, 5) is 13.8. The van der Waals surface area contributed by atoms with Gasteiger partial charge in [-0.15, -0.1) is 0 Å². The van der Waals surface area contributed by atoms with Crippen molar-refractivity contribution in [2.45, 2.75) is 26.2 Å². The van der Waals surface area contributed by atoms with Gasteiger partial charge in [-0.3, -0.25) is 0 Å². The SMILES string of the molecule is COc1ccc(C(C)(C)C)cc1OC(=O)N1CCOCC1. The van der Waals surface area contributed by atoms with E-state index in [9.17, 15) is 4.79 Å². The van der Waals surface area contributed by atoms with E-state index in [1.54, 1.807) is 12.0 Å². The van der Waals surface area contributed by atoms with Crippen molar-refractivity contribution in [2.24, 2.45) is 0 Å². The lowest BCUT2D eigenvalue weighted by atomic mass is 9.87. The highest BCUT2D eigenvalue weighted by Gasteiger charge is 2.22. The lowest BCUT2D eigenvalue weighted by Gasteiger charge is -2.26. The fraction of sp³-hybridized carbons (Fsp3) is 0.562. The van der Waals surface area contributed by atoms with E-state index >= 15 is 0 Å². The van der Waals surface area contributed by atoms with Crippen LogP contribution in [0.5, 0.6) is 11.5 Å². The number of rotatable bonds is 2. The Morgan fingerprint density at radius 2 is 1.86 bits per heavy atom. The molecule has 1 aliphatic rings. The number of benzene rings is 1. The van der Waals surface area contributed by atoms with Gasteiger partial charge in [-0.1, -0.05) is 26.8 Å². The zero-order valence-corrected chi connectivity index (χ0v) is 13.1. The summed E-state index contributed by atoms with van der Waals surface area (Å²) in [7, 11) is 1.57. The van der Waals surface area contributed by atoms with Gasteiger partial charge in [0.1, 0.15) is 0 Å². The number of morpholine rings is 1. The maximum Gasteiger partial charge on any atom is 0.415 e. The molecule has 1 aromatic carbocycles. The number of ether oxygens (including phenoxy) is 3. The fourth-order valence-electron chi connectivity index (χ4n) is 2.13. The second-order valence-electron chi connectivity index (χ2n) is 6.08. The zero-order valence-electron chi connectivity index (χ0n) is 13.1. The predicted octanol–water partition coefficient (Wildman–Crippen LogP) is 2.82. The van der Waals surface area contributed by atoms with E-state index in [2.05, 4.69) is 20.8 Å². The van der Waals surface area contributed by atoms with Crippen molar-refractivity contribution >= 4 is 6.09 Å². The Hall–Kier alpha value is -1.75. The van der Waals surface area contributed by atoms with E-state index in [1.807, 2.05) is 18.2 Å². The number of amides is 1. The summed E-state index contributed by atoms with van der Waals surface area (Å²) < 4.78 is 16.0. The van der Waals surface area contributed by atoms with Crippen LogP contribution in [0.25, 0.3) is 0 Å². The van der Waals surface area contributed by atoms with Crippen LogP contribution >= 0.6 is 0 Å². The van der Waals surface area contributed by atoms with E-state index in [0.29, 0.717) is 37.8 Å². The lowest BCUT2D eigenvalue weighted by Crippen LogP contribution is -2.42. The third-order valence-corrected chi connectivity index (χ3v) is 3.50. The predicted molar refractivity (Wildman–Crippen MR) is 80.1 cm³/mol. The molecular formula is C16H23NO4. The molecule has 2 rings (SSSR count). The Balaban J connectivity index is 2.18. The van der Waals surface area contributed by atoms with Crippen LogP contribution in [0.15, 0.2) is 18.2 Å². The molecule has 0 radical (unpaired) electrons. The van der Waals surface area contributed by atoms with Gasteiger partial charge in [0.15, 0.2) is 11.5 Å². The quantitative estimate of drug-likeness (QED) is 0.841. The lowest BCUT2D eigenvalue weighted by molar-refractivity contribution is 0.0413. The topological polar surface area (TPSA) is 48.0 Å². The number of hydrogen-bond acceptors (Lipinski definition) is 4. The first kappa shape index (κ1) is 15.6. The highest BCUT2D eigenvalue weighted by Crippen LogP contribution is 2.33. The molecule has 0 atom stereocenters. The Kier molecular flexibility index (Phi) is 4.73. The molecule has 1 saturated heterocycles. The molecule has 5 heteroatoms. The summed E-state index contributed by atoms with van der Waals surface area (Å²) in [6.45, 7) is 8.55. The van der Waals surface area contributed by atoms with Crippen LogP contribution in [0.2, 0.25) is 0 Å². The molecule has 1 aromatic rings. The van der Waals surface area contributed by atoms with Crippen LogP contribution in [0, 0.1) is 0 Å². The van der Waals surface area contributed by atoms with Gasteiger partial charge < -0.3 is 19.1 Å². The molecule has 1 heterocycles. The molecule has 21 heavy (non-hydrogen) atoms. The summed E-state index contributed by atoms with van der Waals surface area (Å²) >= 11 is 0. The van der Waals surface area contributed by atoms with Crippen molar-refractivity contribution in [3.05, 3.63) is 23.8 Å². The van der Waals surface area contributed by atoms with Gasteiger partial charge in [0.2, 0.25) is 0 Å². The fourth-order valence-corrected chi connectivity index (χ4v) is 2.13. The summed E-state index contributed by atoms with van der Waals surface area (Å²) in [5, 5.41) is 0. The van der Waals surface area contributed by atoms with E-state index in [1.165, 1.54) is 0 Å². The van der Waals surface area contributed by atoms with E-state index in [4.69, 9.17) is 14.2 Å². The molecule has 0 bridgehead atoms. The van der Waals surface area contributed by atoms with E-state index in [0.717, 1.165) is 5.56 Å². The summed E-state index contributed by atoms with van der Waals surface area (Å²) in [6, 6.07) is 5.70. The molecule has 0 spiro atoms. The average molecular weight is 293 g/mol. The van der Waals surface area contributed by atoms with Crippen LogP contribution in [0.1, 0.15) is 26.3 Å². The van der Waals surface area contributed by atoms with Crippen LogP contribution < -0.4 is 9.47 Å². The largest absolute Gasteiger partial charge is 0.493 e. The van der Waals surface area contributed by atoms with Crippen LogP contribution in [-0.4, -0.2) is 44.4 Å². The smallest absolute Gasteiger partial charge is 0.415 e. The molecule has 0 N–H and O–H groups in total. The molecule has 0 aromatic heterocycles. The Morgan fingerprint density at radius 1 is 1.19 bits per heavy atom. The average Bonchev–Trinajstić information content (AvgIpc) is 2.47. The first-order valence-electron chi connectivity index (χ1n) is 7.15. The molecular weight excluding hydrogens is 270 g/mol. The van der Waals surface area contributed by atoms with Gasteiger partial charge in [0.25, 0.3) is 0 Å². The summed E-state index contributed by atoms with van der Waals surface area (Å²) in [6.07, 6.45) is -0.359. The molecule has 1 amide bonds. The number of carbonyl (C=O) groups is 1. The van der Waals surface area contributed by atoms with Crippen LogP contribution in [0.3, 0.4) is 0 Å². The molecule has 5 nitrogen and oxygen atoms in total. The summed E-state index contributed by atoms with van der Waals surface area (Å²) in [5.41, 5.74) is 1.07. The first-order chi connectivity index (χ1) is 9.91. The van der Waals surface area contributed by atoms with Gasteiger partial charge in [0.05, 0.1) is 20.3 Å². The maximum absolute atomic E-state index is 12.2. The third-order valence-electron chi connectivity index (χ3n) is 3.50. The van der Waals surface area contributed by atoms with Gasteiger partial charge in [-0.2, -0.15) is 0 Å². The Labute approximate surface area is 125 Å².